The highest BCUT2D eigenvalue weighted by Gasteiger charge is 2.18. The standard InChI is InChI=1S/C24H18N4O3/c1-2-31-19-11-12-22-20(14-19)24-21(15-25-22)23(16-7-4-3-5-8-16)26-27(24)17-9-6-10-18(13-17)28(29)30/h3-15H,2H2,1H3. The van der Waals surface area contributed by atoms with Crippen molar-refractivity contribution in [3.63, 3.8) is 0 Å². The first kappa shape index (κ1) is 18.7. The lowest BCUT2D eigenvalue weighted by atomic mass is 10.1. The summed E-state index contributed by atoms with van der Waals surface area (Å²) in [6.07, 6.45) is 1.81. The fourth-order valence-electron chi connectivity index (χ4n) is 3.75. The van der Waals surface area contributed by atoms with Gasteiger partial charge in [0.15, 0.2) is 0 Å². The smallest absolute Gasteiger partial charge is 0.271 e. The Kier molecular flexibility index (Phi) is 4.55. The molecule has 0 fully saturated rings. The summed E-state index contributed by atoms with van der Waals surface area (Å²) >= 11 is 0. The molecule has 0 radical (unpaired) electrons. The zero-order valence-corrected chi connectivity index (χ0v) is 16.7. The zero-order chi connectivity index (χ0) is 21.4. The largest absolute Gasteiger partial charge is 0.494 e. The third kappa shape index (κ3) is 3.26. The van der Waals surface area contributed by atoms with Crippen LogP contribution in [-0.2, 0) is 0 Å². The van der Waals surface area contributed by atoms with Crippen LogP contribution in [0.25, 0.3) is 38.8 Å². The van der Waals surface area contributed by atoms with E-state index in [0.29, 0.717) is 12.3 Å². The number of pyridine rings is 1. The summed E-state index contributed by atoms with van der Waals surface area (Å²) < 4.78 is 7.46. The van der Waals surface area contributed by atoms with Gasteiger partial charge >= 0.3 is 0 Å². The van der Waals surface area contributed by atoms with Crippen LogP contribution in [-0.4, -0.2) is 26.3 Å². The number of ether oxygens (including phenoxy) is 1. The molecule has 0 saturated heterocycles. The van der Waals surface area contributed by atoms with E-state index in [-0.39, 0.29) is 5.69 Å². The lowest BCUT2D eigenvalue weighted by Gasteiger charge is -2.08. The molecule has 0 saturated carbocycles. The van der Waals surface area contributed by atoms with Crippen LogP contribution < -0.4 is 4.74 Å². The lowest BCUT2D eigenvalue weighted by Crippen LogP contribution is -1.99. The molecule has 152 valence electrons. The van der Waals surface area contributed by atoms with E-state index >= 15 is 0 Å². The normalized spacial score (nSPS) is 11.1. The van der Waals surface area contributed by atoms with E-state index in [0.717, 1.165) is 38.8 Å². The first-order valence-electron chi connectivity index (χ1n) is 9.90. The third-order valence-corrected chi connectivity index (χ3v) is 5.12. The molecule has 0 amide bonds. The summed E-state index contributed by atoms with van der Waals surface area (Å²) in [5.41, 5.74) is 3.94. The van der Waals surface area contributed by atoms with Gasteiger partial charge in [-0.2, -0.15) is 5.10 Å². The summed E-state index contributed by atoms with van der Waals surface area (Å²) in [6.45, 7) is 2.48. The number of benzene rings is 3. The molecule has 2 aromatic heterocycles. The third-order valence-electron chi connectivity index (χ3n) is 5.12. The van der Waals surface area contributed by atoms with Crippen LogP contribution in [0.3, 0.4) is 0 Å². The van der Waals surface area contributed by atoms with Gasteiger partial charge in [-0.1, -0.05) is 36.4 Å². The van der Waals surface area contributed by atoms with Crippen LogP contribution in [0.1, 0.15) is 6.92 Å². The monoisotopic (exact) mass is 410 g/mol. The minimum atomic E-state index is -0.403. The Morgan fingerprint density at radius 3 is 2.61 bits per heavy atom. The summed E-state index contributed by atoms with van der Waals surface area (Å²) in [5, 5.41) is 17.9. The average Bonchev–Trinajstić information content (AvgIpc) is 3.20. The lowest BCUT2D eigenvalue weighted by molar-refractivity contribution is -0.384. The molecular formula is C24H18N4O3. The van der Waals surface area contributed by atoms with Crippen LogP contribution in [0.5, 0.6) is 5.75 Å². The minimum absolute atomic E-state index is 0.00998. The zero-order valence-electron chi connectivity index (χ0n) is 16.7. The molecule has 0 aliphatic heterocycles. The average molecular weight is 410 g/mol. The van der Waals surface area contributed by atoms with Crippen LogP contribution in [0.2, 0.25) is 0 Å². The van der Waals surface area contributed by atoms with E-state index in [9.17, 15) is 10.1 Å². The highest BCUT2D eigenvalue weighted by molar-refractivity contribution is 6.09. The maximum atomic E-state index is 11.4. The van der Waals surface area contributed by atoms with Gasteiger partial charge < -0.3 is 4.74 Å². The van der Waals surface area contributed by atoms with Gasteiger partial charge in [0, 0.05) is 34.7 Å². The number of hydrogen-bond donors (Lipinski definition) is 0. The van der Waals surface area contributed by atoms with Gasteiger partial charge in [0.05, 0.1) is 28.3 Å². The Labute approximate surface area is 177 Å². The van der Waals surface area contributed by atoms with Gasteiger partial charge in [0.2, 0.25) is 0 Å². The molecule has 0 aliphatic carbocycles. The Hall–Kier alpha value is -4.26. The molecule has 5 aromatic rings. The SMILES string of the molecule is CCOc1ccc2ncc3c(-c4ccccc4)nn(-c4cccc([N+](=O)[O-])c4)c3c2c1. The minimum Gasteiger partial charge on any atom is -0.494 e. The summed E-state index contributed by atoms with van der Waals surface area (Å²) in [5.74, 6) is 0.734. The Bertz CT molecular complexity index is 1430. The van der Waals surface area contributed by atoms with Gasteiger partial charge in [-0.15, -0.1) is 0 Å². The van der Waals surface area contributed by atoms with Crippen molar-refractivity contribution < 1.29 is 9.66 Å². The molecule has 3 aromatic carbocycles. The van der Waals surface area contributed by atoms with Gasteiger partial charge in [0.25, 0.3) is 5.69 Å². The number of non-ortho nitro benzene ring substituents is 1. The number of aromatic nitrogens is 3. The van der Waals surface area contributed by atoms with E-state index in [1.54, 1.807) is 16.9 Å². The highest BCUT2D eigenvalue weighted by atomic mass is 16.6. The quantitative estimate of drug-likeness (QED) is 0.280. The summed E-state index contributed by atoms with van der Waals surface area (Å²) in [7, 11) is 0. The number of nitro benzene ring substituents is 1. The van der Waals surface area contributed by atoms with E-state index < -0.39 is 4.92 Å². The molecule has 5 rings (SSSR count). The summed E-state index contributed by atoms with van der Waals surface area (Å²) in [4.78, 5) is 15.6. The predicted molar refractivity (Wildman–Crippen MR) is 120 cm³/mol. The first-order valence-corrected chi connectivity index (χ1v) is 9.90. The van der Waals surface area contributed by atoms with Crippen molar-refractivity contribution in [2.24, 2.45) is 0 Å². The second-order valence-electron chi connectivity index (χ2n) is 7.04. The van der Waals surface area contributed by atoms with Crippen molar-refractivity contribution in [2.45, 2.75) is 6.92 Å². The van der Waals surface area contributed by atoms with Crippen molar-refractivity contribution in [3.8, 4) is 22.7 Å². The first-order chi connectivity index (χ1) is 15.2. The van der Waals surface area contributed by atoms with Crippen molar-refractivity contribution in [1.29, 1.82) is 0 Å². The second kappa shape index (κ2) is 7.53. The van der Waals surface area contributed by atoms with Crippen LogP contribution in [0.15, 0.2) is 79.0 Å². The van der Waals surface area contributed by atoms with Crippen LogP contribution >= 0.6 is 0 Å². The van der Waals surface area contributed by atoms with E-state index in [1.165, 1.54) is 12.1 Å². The number of nitro groups is 1. The molecule has 0 atom stereocenters. The summed E-state index contributed by atoms with van der Waals surface area (Å²) in [6, 6.07) is 22.0. The van der Waals surface area contributed by atoms with Crippen LogP contribution in [0, 0.1) is 10.1 Å². The predicted octanol–water partition coefficient (Wildman–Crippen LogP) is 5.55. The molecule has 7 heteroatoms. The van der Waals surface area contributed by atoms with Gasteiger partial charge in [-0.05, 0) is 31.2 Å². The van der Waals surface area contributed by atoms with Crippen molar-refractivity contribution in [3.05, 3.63) is 89.1 Å². The molecule has 0 bridgehead atoms. The molecule has 31 heavy (non-hydrogen) atoms. The van der Waals surface area contributed by atoms with Gasteiger partial charge in [0.1, 0.15) is 11.4 Å². The number of fused-ring (bicyclic) bond motifs is 3. The van der Waals surface area contributed by atoms with Gasteiger partial charge in [-0.3, -0.25) is 15.1 Å². The Morgan fingerprint density at radius 1 is 1.00 bits per heavy atom. The topological polar surface area (TPSA) is 83.1 Å². The molecule has 0 aliphatic rings. The molecule has 0 unspecified atom stereocenters. The number of rotatable bonds is 5. The van der Waals surface area contributed by atoms with Crippen molar-refractivity contribution >= 4 is 27.5 Å². The highest BCUT2D eigenvalue weighted by Crippen LogP contribution is 2.35. The van der Waals surface area contributed by atoms with Crippen molar-refractivity contribution in [2.75, 3.05) is 6.61 Å². The Balaban J connectivity index is 1.87. The van der Waals surface area contributed by atoms with Crippen LogP contribution in [0.4, 0.5) is 5.69 Å². The fourth-order valence-corrected chi connectivity index (χ4v) is 3.75. The molecule has 7 nitrogen and oxygen atoms in total. The Morgan fingerprint density at radius 2 is 1.84 bits per heavy atom. The maximum absolute atomic E-state index is 11.4. The fraction of sp³-hybridized carbons (Fsp3) is 0.0833. The van der Waals surface area contributed by atoms with E-state index in [2.05, 4.69) is 4.98 Å². The molecule has 0 N–H and O–H groups in total. The van der Waals surface area contributed by atoms with E-state index in [1.807, 2.05) is 61.5 Å². The number of nitrogens with zero attached hydrogens (tertiary/aromatic N) is 4. The van der Waals surface area contributed by atoms with E-state index in [4.69, 9.17) is 9.84 Å². The molecular weight excluding hydrogens is 392 g/mol. The molecule has 2 heterocycles. The number of hydrogen-bond acceptors (Lipinski definition) is 5. The molecule has 0 spiro atoms. The maximum Gasteiger partial charge on any atom is 0.271 e. The van der Waals surface area contributed by atoms with Gasteiger partial charge in [-0.25, -0.2) is 4.68 Å². The van der Waals surface area contributed by atoms with Crippen molar-refractivity contribution in [1.82, 2.24) is 14.8 Å². The second-order valence-corrected chi connectivity index (χ2v) is 7.04.